The molecule has 0 atom stereocenters. The molecule has 0 bridgehead atoms. The Labute approximate surface area is 115 Å². The van der Waals surface area contributed by atoms with Crippen molar-refractivity contribution in [2.75, 3.05) is 11.9 Å². The standard InChI is InChI=1S/C13H17F3N4/c1-20(8-4-2-3-5-8)12-9(11(17)18)6-7-10(19-12)13(14,15)16/h6-8H,2-5H2,1H3,(H3,17,18). The molecule has 1 heterocycles. The maximum atomic E-state index is 12.8. The first-order valence-corrected chi connectivity index (χ1v) is 6.46. The summed E-state index contributed by atoms with van der Waals surface area (Å²) in [6, 6.07) is 2.24. The number of hydrogen-bond acceptors (Lipinski definition) is 3. The normalized spacial score (nSPS) is 16.4. The van der Waals surface area contributed by atoms with Gasteiger partial charge in [-0.05, 0) is 25.0 Å². The molecule has 0 unspecified atom stereocenters. The molecule has 7 heteroatoms. The topological polar surface area (TPSA) is 66.0 Å². The lowest BCUT2D eigenvalue weighted by atomic mass is 10.1. The predicted octanol–water partition coefficient (Wildman–Crippen LogP) is 2.76. The van der Waals surface area contributed by atoms with Gasteiger partial charge in [0.15, 0.2) is 0 Å². The van der Waals surface area contributed by atoms with Crippen molar-refractivity contribution in [3.8, 4) is 0 Å². The third-order valence-corrected chi connectivity index (χ3v) is 3.66. The second-order valence-electron chi connectivity index (χ2n) is 5.03. The smallest absolute Gasteiger partial charge is 0.384 e. The third kappa shape index (κ3) is 2.86. The van der Waals surface area contributed by atoms with Crippen molar-refractivity contribution in [2.45, 2.75) is 37.9 Å². The van der Waals surface area contributed by atoms with Gasteiger partial charge in [-0.3, -0.25) is 5.41 Å². The van der Waals surface area contributed by atoms with Crippen LogP contribution in [0, 0.1) is 5.41 Å². The van der Waals surface area contributed by atoms with Crippen LogP contribution in [0.3, 0.4) is 0 Å². The van der Waals surface area contributed by atoms with E-state index in [0.717, 1.165) is 31.7 Å². The summed E-state index contributed by atoms with van der Waals surface area (Å²) in [6.07, 6.45) is -0.537. The van der Waals surface area contributed by atoms with Gasteiger partial charge < -0.3 is 10.6 Å². The average Bonchev–Trinajstić information content (AvgIpc) is 2.89. The van der Waals surface area contributed by atoms with Crippen molar-refractivity contribution in [2.24, 2.45) is 5.73 Å². The molecule has 1 saturated carbocycles. The lowest BCUT2D eigenvalue weighted by Gasteiger charge is -2.27. The van der Waals surface area contributed by atoms with Crippen LogP contribution in [0.4, 0.5) is 19.0 Å². The van der Waals surface area contributed by atoms with E-state index in [1.165, 1.54) is 6.07 Å². The number of aromatic nitrogens is 1. The molecule has 0 aromatic carbocycles. The van der Waals surface area contributed by atoms with Crippen molar-refractivity contribution in [1.29, 1.82) is 5.41 Å². The van der Waals surface area contributed by atoms with Gasteiger partial charge in [0.2, 0.25) is 0 Å². The van der Waals surface area contributed by atoms with E-state index in [1.54, 1.807) is 11.9 Å². The van der Waals surface area contributed by atoms with Gasteiger partial charge in [0.05, 0.1) is 5.56 Å². The van der Waals surface area contributed by atoms with Gasteiger partial charge in [-0.25, -0.2) is 4.98 Å². The lowest BCUT2D eigenvalue weighted by molar-refractivity contribution is -0.141. The van der Waals surface area contributed by atoms with Crippen molar-refractivity contribution in [1.82, 2.24) is 4.98 Å². The number of rotatable bonds is 3. The Bertz CT molecular complexity index is 507. The molecule has 1 fully saturated rings. The van der Waals surface area contributed by atoms with Crippen molar-refractivity contribution in [3.05, 3.63) is 23.4 Å². The van der Waals surface area contributed by atoms with Gasteiger partial charge in [0, 0.05) is 13.1 Å². The maximum absolute atomic E-state index is 12.8. The van der Waals surface area contributed by atoms with Gasteiger partial charge in [-0.2, -0.15) is 13.2 Å². The first kappa shape index (κ1) is 14.6. The van der Waals surface area contributed by atoms with Crippen LogP contribution in [-0.2, 0) is 6.18 Å². The highest BCUT2D eigenvalue weighted by atomic mass is 19.4. The van der Waals surface area contributed by atoms with Crippen LogP contribution in [0.5, 0.6) is 0 Å². The Hall–Kier alpha value is -1.79. The molecule has 2 rings (SSSR count). The zero-order chi connectivity index (χ0) is 14.9. The molecule has 1 aliphatic carbocycles. The van der Waals surface area contributed by atoms with Gasteiger partial charge in [-0.15, -0.1) is 0 Å². The van der Waals surface area contributed by atoms with E-state index < -0.39 is 11.9 Å². The van der Waals surface area contributed by atoms with Crippen LogP contribution >= 0.6 is 0 Å². The molecule has 0 radical (unpaired) electrons. The minimum atomic E-state index is -4.50. The van der Waals surface area contributed by atoms with E-state index in [1.807, 2.05) is 0 Å². The average molecular weight is 286 g/mol. The monoisotopic (exact) mass is 286 g/mol. The molecule has 0 amide bonds. The van der Waals surface area contributed by atoms with Crippen LogP contribution in [0.25, 0.3) is 0 Å². The summed E-state index contributed by atoms with van der Waals surface area (Å²) in [5.74, 6) is -0.134. The lowest BCUT2D eigenvalue weighted by Crippen LogP contribution is -2.32. The number of hydrogen-bond donors (Lipinski definition) is 2. The minimum absolute atomic E-state index is 0.138. The molecular weight excluding hydrogens is 269 g/mol. The quantitative estimate of drug-likeness (QED) is 0.663. The summed E-state index contributed by atoms with van der Waals surface area (Å²) in [5.41, 5.74) is 4.73. The van der Waals surface area contributed by atoms with Crippen LogP contribution in [0.15, 0.2) is 12.1 Å². The molecule has 4 nitrogen and oxygen atoms in total. The van der Waals surface area contributed by atoms with Crippen LogP contribution in [-0.4, -0.2) is 23.9 Å². The van der Waals surface area contributed by atoms with Gasteiger partial charge in [0.25, 0.3) is 0 Å². The fourth-order valence-electron chi connectivity index (χ4n) is 2.55. The molecule has 1 aromatic rings. The Morgan fingerprint density at radius 3 is 2.45 bits per heavy atom. The Kier molecular flexibility index (Phi) is 3.87. The number of amidine groups is 1. The Morgan fingerprint density at radius 2 is 1.95 bits per heavy atom. The maximum Gasteiger partial charge on any atom is 0.433 e. The molecule has 110 valence electrons. The Balaban J connectivity index is 2.43. The zero-order valence-corrected chi connectivity index (χ0v) is 11.2. The number of nitrogen functional groups attached to an aromatic ring is 1. The number of nitrogens with one attached hydrogen (secondary N) is 1. The molecule has 3 N–H and O–H groups in total. The predicted molar refractivity (Wildman–Crippen MR) is 70.9 cm³/mol. The summed E-state index contributed by atoms with van der Waals surface area (Å²) >= 11 is 0. The largest absolute Gasteiger partial charge is 0.433 e. The number of anilines is 1. The number of alkyl halides is 3. The highest BCUT2D eigenvalue weighted by Crippen LogP contribution is 2.32. The van der Waals surface area contributed by atoms with Crippen molar-refractivity contribution < 1.29 is 13.2 Å². The summed E-state index contributed by atoms with van der Waals surface area (Å²) in [6.45, 7) is 0. The van der Waals surface area contributed by atoms with E-state index in [-0.39, 0.29) is 23.3 Å². The van der Waals surface area contributed by atoms with E-state index in [4.69, 9.17) is 11.1 Å². The fourth-order valence-corrected chi connectivity index (χ4v) is 2.55. The highest BCUT2D eigenvalue weighted by molar-refractivity contribution is 5.99. The summed E-state index contributed by atoms with van der Waals surface area (Å²) in [5, 5.41) is 7.50. The second kappa shape index (κ2) is 5.30. The van der Waals surface area contributed by atoms with Crippen LogP contribution < -0.4 is 10.6 Å². The zero-order valence-electron chi connectivity index (χ0n) is 11.2. The Morgan fingerprint density at radius 1 is 1.35 bits per heavy atom. The molecular formula is C13H17F3N4. The van der Waals surface area contributed by atoms with Gasteiger partial charge in [0.1, 0.15) is 17.3 Å². The van der Waals surface area contributed by atoms with Gasteiger partial charge in [-0.1, -0.05) is 12.8 Å². The highest BCUT2D eigenvalue weighted by Gasteiger charge is 2.34. The number of nitrogens with two attached hydrogens (primary N) is 1. The SMILES string of the molecule is CN(c1nc(C(F)(F)F)ccc1C(=N)N)C1CCCC1. The molecule has 0 aliphatic heterocycles. The van der Waals surface area contributed by atoms with E-state index in [0.29, 0.717) is 0 Å². The molecule has 1 aliphatic rings. The molecule has 20 heavy (non-hydrogen) atoms. The van der Waals surface area contributed by atoms with Crippen LogP contribution in [0.2, 0.25) is 0 Å². The van der Waals surface area contributed by atoms with Gasteiger partial charge >= 0.3 is 6.18 Å². The third-order valence-electron chi connectivity index (χ3n) is 3.66. The number of halogens is 3. The molecule has 0 spiro atoms. The van der Waals surface area contributed by atoms with Crippen molar-refractivity contribution in [3.63, 3.8) is 0 Å². The summed E-state index contributed by atoms with van der Waals surface area (Å²) < 4.78 is 38.3. The second-order valence-corrected chi connectivity index (χ2v) is 5.03. The number of nitrogens with zero attached hydrogens (tertiary/aromatic N) is 2. The number of pyridine rings is 1. The summed E-state index contributed by atoms with van der Waals surface area (Å²) in [7, 11) is 1.71. The molecule has 1 aromatic heterocycles. The minimum Gasteiger partial charge on any atom is -0.384 e. The van der Waals surface area contributed by atoms with E-state index in [9.17, 15) is 13.2 Å². The first-order valence-electron chi connectivity index (χ1n) is 6.46. The van der Waals surface area contributed by atoms with E-state index >= 15 is 0 Å². The first-order chi connectivity index (χ1) is 9.30. The summed E-state index contributed by atoms with van der Waals surface area (Å²) in [4.78, 5) is 5.41. The van der Waals surface area contributed by atoms with Crippen molar-refractivity contribution >= 4 is 11.7 Å². The molecule has 0 saturated heterocycles. The van der Waals surface area contributed by atoms with Crippen LogP contribution in [0.1, 0.15) is 36.9 Å². The fraction of sp³-hybridized carbons (Fsp3) is 0.538. The van der Waals surface area contributed by atoms with E-state index in [2.05, 4.69) is 4.98 Å².